The van der Waals surface area contributed by atoms with Gasteiger partial charge in [-0.15, -0.1) is 0 Å². The van der Waals surface area contributed by atoms with E-state index in [-0.39, 0.29) is 12.3 Å². The summed E-state index contributed by atoms with van der Waals surface area (Å²) in [6, 6.07) is 0. The van der Waals surface area contributed by atoms with Gasteiger partial charge in [0.1, 0.15) is 0 Å². The predicted molar refractivity (Wildman–Crippen MR) is 84.8 cm³/mol. The van der Waals surface area contributed by atoms with Crippen LogP contribution in [0.1, 0.15) is 20.8 Å². The molecule has 0 bridgehead atoms. The monoisotopic (exact) mass is 281 g/mol. The summed E-state index contributed by atoms with van der Waals surface area (Å²) in [5.41, 5.74) is 6.59. The van der Waals surface area contributed by atoms with Crippen molar-refractivity contribution in [3.63, 3.8) is 0 Å². The minimum atomic E-state index is 0.0308. The lowest BCUT2D eigenvalue weighted by Gasteiger charge is -2.24. The predicted octanol–water partition coefficient (Wildman–Crippen LogP) is 0.908. The van der Waals surface area contributed by atoms with Gasteiger partial charge in [0.15, 0.2) is 5.82 Å². The zero-order chi connectivity index (χ0) is 15.5. The van der Waals surface area contributed by atoms with E-state index in [9.17, 15) is 0 Å². The van der Waals surface area contributed by atoms with Crippen LogP contribution in [-0.4, -0.2) is 48.2 Å². The quantitative estimate of drug-likeness (QED) is 0.353. The molecule has 0 aromatic rings. The average molecular weight is 281 g/mol. The summed E-state index contributed by atoms with van der Waals surface area (Å²) in [7, 11) is 0. The molecule has 0 atom stereocenters. The number of nitrogens with one attached hydrogen (secondary N) is 2. The molecule has 0 unspecified atom stereocenters. The lowest BCUT2D eigenvalue weighted by atomic mass is 10.2. The molecular formula is C14H27N5O. The third-order valence-corrected chi connectivity index (χ3v) is 2.46. The van der Waals surface area contributed by atoms with E-state index < -0.39 is 0 Å². The highest BCUT2D eigenvalue weighted by Crippen LogP contribution is 2.13. The van der Waals surface area contributed by atoms with Gasteiger partial charge in [0, 0.05) is 25.8 Å². The summed E-state index contributed by atoms with van der Waals surface area (Å²) >= 11 is 0. The van der Waals surface area contributed by atoms with Crippen molar-refractivity contribution < 1.29 is 5.11 Å². The van der Waals surface area contributed by atoms with E-state index in [4.69, 9.17) is 16.2 Å². The first-order valence-electron chi connectivity index (χ1n) is 6.74. The normalized spacial score (nSPS) is 12.7. The van der Waals surface area contributed by atoms with Gasteiger partial charge in [0.05, 0.1) is 18.0 Å². The third kappa shape index (κ3) is 6.49. The van der Waals surface area contributed by atoms with Crippen molar-refractivity contribution in [1.82, 2.24) is 10.2 Å². The Morgan fingerprint density at radius 2 is 2.20 bits per heavy atom. The van der Waals surface area contributed by atoms with Crippen LogP contribution in [0.3, 0.4) is 0 Å². The van der Waals surface area contributed by atoms with E-state index in [0.29, 0.717) is 30.5 Å². The topological polar surface area (TPSA) is 97.7 Å². The van der Waals surface area contributed by atoms with E-state index in [2.05, 4.69) is 30.7 Å². The van der Waals surface area contributed by atoms with Crippen LogP contribution in [0.25, 0.3) is 0 Å². The molecule has 20 heavy (non-hydrogen) atoms. The van der Waals surface area contributed by atoms with Crippen molar-refractivity contribution >= 4 is 11.9 Å². The van der Waals surface area contributed by atoms with Gasteiger partial charge in [-0.2, -0.15) is 0 Å². The molecule has 0 aliphatic heterocycles. The number of rotatable bonds is 10. The molecule has 5 N–H and O–H groups in total. The Morgan fingerprint density at radius 1 is 1.55 bits per heavy atom. The number of nitrogens with zero attached hydrogens (tertiary/aromatic N) is 2. The second-order valence-electron chi connectivity index (χ2n) is 4.73. The third-order valence-electron chi connectivity index (χ3n) is 2.46. The van der Waals surface area contributed by atoms with Crippen LogP contribution in [0.4, 0.5) is 0 Å². The van der Waals surface area contributed by atoms with Crippen LogP contribution < -0.4 is 11.1 Å². The number of aliphatic hydroxyl groups excluding tert-OH is 1. The number of aliphatic hydroxyl groups is 1. The van der Waals surface area contributed by atoms with E-state index in [1.54, 1.807) is 19.3 Å². The van der Waals surface area contributed by atoms with Crippen LogP contribution in [-0.2, 0) is 0 Å². The average Bonchev–Trinajstić information content (AvgIpc) is 2.41. The van der Waals surface area contributed by atoms with E-state index >= 15 is 0 Å². The van der Waals surface area contributed by atoms with Crippen LogP contribution in [0.5, 0.6) is 0 Å². The molecule has 0 radical (unpaired) electrons. The second kappa shape index (κ2) is 10.2. The summed E-state index contributed by atoms with van der Waals surface area (Å²) in [5.74, 6) is 0.955. The van der Waals surface area contributed by atoms with Crippen LogP contribution in [0.15, 0.2) is 29.3 Å². The molecule has 0 saturated heterocycles. The van der Waals surface area contributed by atoms with E-state index in [1.807, 2.05) is 4.90 Å². The summed E-state index contributed by atoms with van der Waals surface area (Å²) in [6.07, 6.45) is 3.32. The first-order chi connectivity index (χ1) is 9.47. The molecule has 0 fully saturated rings. The molecule has 0 saturated carbocycles. The molecule has 6 nitrogen and oxygen atoms in total. The molecule has 6 heteroatoms. The molecule has 0 aliphatic rings. The first-order valence-corrected chi connectivity index (χ1v) is 6.74. The molecular weight excluding hydrogens is 254 g/mol. The standard InChI is InChI=1S/C14H27N5O/c1-5-18-14(19(6-2)10-11(3)4)13(16)12(15)9-17-7-8-20/h5-6,11,15,17,20H,2,7-10,16H2,1,3-4H3/b14-13-,15-12?,18-5-. The molecule has 0 amide bonds. The second-order valence-corrected chi connectivity index (χ2v) is 4.73. The Labute approximate surface area is 121 Å². The Morgan fingerprint density at radius 3 is 2.65 bits per heavy atom. The van der Waals surface area contributed by atoms with Gasteiger partial charge in [-0.05, 0) is 19.0 Å². The minimum absolute atomic E-state index is 0.0308. The highest BCUT2D eigenvalue weighted by Gasteiger charge is 2.14. The summed E-state index contributed by atoms with van der Waals surface area (Å²) < 4.78 is 0. The van der Waals surface area contributed by atoms with Crippen molar-refractivity contribution in [2.75, 3.05) is 26.2 Å². The summed E-state index contributed by atoms with van der Waals surface area (Å²) in [6.45, 7) is 11.2. The van der Waals surface area contributed by atoms with Gasteiger partial charge < -0.3 is 26.5 Å². The molecule has 0 spiro atoms. The van der Waals surface area contributed by atoms with Gasteiger partial charge in [0.2, 0.25) is 0 Å². The van der Waals surface area contributed by atoms with Gasteiger partial charge in [-0.25, -0.2) is 4.99 Å². The van der Waals surface area contributed by atoms with Crippen molar-refractivity contribution in [3.8, 4) is 0 Å². The van der Waals surface area contributed by atoms with Gasteiger partial charge in [-0.1, -0.05) is 20.4 Å². The largest absolute Gasteiger partial charge is 0.395 e. The zero-order valence-electron chi connectivity index (χ0n) is 12.7. The Hall–Kier alpha value is -1.66. The van der Waals surface area contributed by atoms with Crippen LogP contribution in [0.2, 0.25) is 0 Å². The lowest BCUT2D eigenvalue weighted by molar-refractivity contribution is 0.295. The number of nitrogens with two attached hydrogens (primary N) is 1. The van der Waals surface area contributed by atoms with E-state index in [0.717, 1.165) is 6.54 Å². The smallest absolute Gasteiger partial charge is 0.157 e. The highest BCUT2D eigenvalue weighted by atomic mass is 16.3. The summed E-state index contributed by atoms with van der Waals surface area (Å²) in [5, 5.41) is 19.6. The van der Waals surface area contributed by atoms with Gasteiger partial charge >= 0.3 is 0 Å². The number of aliphatic imine (C=N–C) groups is 1. The number of hydrogen-bond donors (Lipinski definition) is 4. The maximum Gasteiger partial charge on any atom is 0.157 e. The fraction of sp³-hybridized carbons (Fsp3) is 0.571. The zero-order valence-corrected chi connectivity index (χ0v) is 12.7. The summed E-state index contributed by atoms with van der Waals surface area (Å²) in [4.78, 5) is 6.11. The van der Waals surface area contributed by atoms with Crippen LogP contribution in [0, 0.1) is 11.3 Å². The highest BCUT2D eigenvalue weighted by molar-refractivity contribution is 5.99. The molecule has 0 heterocycles. The van der Waals surface area contributed by atoms with Crippen molar-refractivity contribution in [2.45, 2.75) is 20.8 Å². The molecule has 0 aromatic heterocycles. The SMILES string of the molecule is C=CN(CC(C)C)C(/N=C\C)=C(\N)C(=N)CNCCO. The first kappa shape index (κ1) is 18.3. The van der Waals surface area contributed by atoms with Crippen LogP contribution >= 0.6 is 0 Å². The van der Waals surface area contributed by atoms with Crippen molar-refractivity contribution in [2.24, 2.45) is 16.6 Å². The van der Waals surface area contributed by atoms with Crippen molar-refractivity contribution in [1.29, 1.82) is 5.41 Å². The fourth-order valence-corrected chi connectivity index (χ4v) is 1.58. The van der Waals surface area contributed by atoms with E-state index in [1.165, 1.54) is 0 Å². The van der Waals surface area contributed by atoms with Gasteiger partial charge in [0.25, 0.3) is 0 Å². The van der Waals surface area contributed by atoms with Gasteiger partial charge in [-0.3, -0.25) is 0 Å². The molecule has 114 valence electrons. The maximum atomic E-state index is 8.72. The molecule has 0 rings (SSSR count). The Bertz CT molecular complexity index is 374. The Kier molecular flexibility index (Phi) is 9.32. The molecule has 0 aromatic carbocycles. The lowest BCUT2D eigenvalue weighted by Crippen LogP contribution is -2.32. The Balaban J connectivity index is 5.12. The number of hydrogen-bond acceptors (Lipinski definition) is 6. The maximum absolute atomic E-state index is 8.72. The van der Waals surface area contributed by atoms with Crippen molar-refractivity contribution in [3.05, 3.63) is 24.3 Å². The fourth-order valence-electron chi connectivity index (χ4n) is 1.58. The molecule has 0 aliphatic carbocycles. The minimum Gasteiger partial charge on any atom is -0.395 e.